The van der Waals surface area contributed by atoms with Crippen LogP contribution in [0.25, 0.3) is 0 Å². The second-order valence-corrected chi connectivity index (χ2v) is 10.7. The Hall–Kier alpha value is -0.913. The number of hydrogen-bond acceptors (Lipinski definition) is 3. The predicted molar refractivity (Wildman–Crippen MR) is 93.6 cm³/mol. The van der Waals surface area contributed by atoms with Crippen molar-refractivity contribution in [3.8, 4) is 0 Å². The molecular formula is C17H29FN2OSi. The van der Waals surface area contributed by atoms with Crippen LogP contribution < -0.4 is 10.2 Å². The van der Waals surface area contributed by atoms with Gasteiger partial charge < -0.3 is 14.6 Å². The minimum atomic E-state index is -1.33. The highest BCUT2D eigenvalue weighted by atomic mass is 28.3. The monoisotopic (exact) mass is 324 g/mol. The van der Waals surface area contributed by atoms with Crippen LogP contribution in [-0.2, 0) is 11.0 Å². The maximum atomic E-state index is 14.8. The first-order valence-electron chi connectivity index (χ1n) is 8.16. The van der Waals surface area contributed by atoms with Gasteiger partial charge in [0, 0.05) is 31.2 Å². The SMILES string of the molecule is C[C@@H]1CN(c2cccc(CO[SiH](C)C(C)(C)C)c2F)CCN1. The molecule has 2 rings (SSSR count). The van der Waals surface area contributed by atoms with Gasteiger partial charge in [0.2, 0.25) is 0 Å². The van der Waals surface area contributed by atoms with E-state index >= 15 is 0 Å². The summed E-state index contributed by atoms with van der Waals surface area (Å²) in [4.78, 5) is 2.13. The fourth-order valence-corrected chi connectivity index (χ4v) is 3.47. The van der Waals surface area contributed by atoms with E-state index in [9.17, 15) is 4.39 Å². The van der Waals surface area contributed by atoms with Crippen molar-refractivity contribution in [2.24, 2.45) is 0 Å². The van der Waals surface area contributed by atoms with Crippen molar-refractivity contribution in [2.75, 3.05) is 24.5 Å². The van der Waals surface area contributed by atoms with Gasteiger partial charge in [0.1, 0.15) is 0 Å². The van der Waals surface area contributed by atoms with Crippen LogP contribution in [0.15, 0.2) is 18.2 Å². The molecule has 1 saturated heterocycles. The molecule has 1 aliphatic heterocycles. The Bertz CT molecular complexity index is 504. The highest BCUT2D eigenvalue weighted by Gasteiger charge is 2.24. The normalized spacial score (nSPS) is 21.0. The topological polar surface area (TPSA) is 24.5 Å². The molecular weight excluding hydrogens is 295 g/mol. The Morgan fingerprint density at radius 1 is 1.41 bits per heavy atom. The average Bonchev–Trinajstić information content (AvgIpc) is 2.44. The van der Waals surface area contributed by atoms with E-state index < -0.39 is 9.04 Å². The number of benzene rings is 1. The van der Waals surface area contributed by atoms with Crippen LogP contribution in [0.1, 0.15) is 33.3 Å². The summed E-state index contributed by atoms with van der Waals surface area (Å²) in [6.45, 7) is 13.9. The smallest absolute Gasteiger partial charge is 0.179 e. The Morgan fingerprint density at radius 3 is 2.77 bits per heavy atom. The average molecular weight is 325 g/mol. The van der Waals surface area contributed by atoms with Gasteiger partial charge in [0.15, 0.2) is 14.9 Å². The van der Waals surface area contributed by atoms with Crippen LogP contribution in [0.2, 0.25) is 11.6 Å². The number of rotatable bonds is 4. The summed E-state index contributed by atoms with van der Waals surface area (Å²) in [6, 6.07) is 6.05. The molecule has 0 radical (unpaired) electrons. The van der Waals surface area contributed by atoms with Gasteiger partial charge in [-0.15, -0.1) is 0 Å². The molecule has 1 aliphatic rings. The van der Waals surface area contributed by atoms with E-state index in [4.69, 9.17) is 4.43 Å². The molecule has 1 fully saturated rings. The van der Waals surface area contributed by atoms with E-state index in [0.717, 1.165) is 19.6 Å². The zero-order valence-electron chi connectivity index (χ0n) is 14.4. The maximum absolute atomic E-state index is 14.8. The zero-order valence-corrected chi connectivity index (χ0v) is 15.6. The number of hydrogen-bond donors (Lipinski definition) is 1. The third-order valence-corrected chi connectivity index (χ3v) is 7.58. The molecule has 0 aliphatic carbocycles. The fourth-order valence-electron chi connectivity index (χ4n) is 2.54. The van der Waals surface area contributed by atoms with E-state index in [-0.39, 0.29) is 10.9 Å². The zero-order chi connectivity index (χ0) is 16.3. The van der Waals surface area contributed by atoms with Crippen LogP contribution >= 0.6 is 0 Å². The summed E-state index contributed by atoms with van der Waals surface area (Å²) in [6.07, 6.45) is 0. The third-order valence-electron chi connectivity index (χ3n) is 4.48. The molecule has 1 N–H and O–H groups in total. The second kappa shape index (κ2) is 7.11. The van der Waals surface area contributed by atoms with Gasteiger partial charge in [0.25, 0.3) is 0 Å². The summed E-state index contributed by atoms with van der Waals surface area (Å²) in [5, 5.41) is 3.59. The minimum absolute atomic E-state index is 0.119. The van der Waals surface area contributed by atoms with Gasteiger partial charge in [0.05, 0.1) is 12.3 Å². The molecule has 1 aromatic carbocycles. The summed E-state index contributed by atoms with van der Waals surface area (Å²) >= 11 is 0. The van der Waals surface area contributed by atoms with Gasteiger partial charge in [-0.3, -0.25) is 0 Å². The lowest BCUT2D eigenvalue weighted by atomic mass is 10.1. The first kappa shape index (κ1) is 17.4. The van der Waals surface area contributed by atoms with Crippen LogP contribution in [0.5, 0.6) is 0 Å². The number of anilines is 1. The molecule has 0 amide bonds. The molecule has 0 bridgehead atoms. The van der Waals surface area contributed by atoms with Gasteiger partial charge in [-0.25, -0.2) is 4.39 Å². The molecule has 1 aromatic rings. The lowest BCUT2D eigenvalue weighted by Gasteiger charge is -2.34. The Morgan fingerprint density at radius 2 is 2.14 bits per heavy atom. The lowest BCUT2D eigenvalue weighted by molar-refractivity contribution is 0.288. The van der Waals surface area contributed by atoms with Crippen LogP contribution in [0.3, 0.4) is 0 Å². The van der Waals surface area contributed by atoms with Gasteiger partial charge >= 0.3 is 0 Å². The van der Waals surface area contributed by atoms with Crippen molar-refractivity contribution in [2.45, 2.75) is 51.9 Å². The van der Waals surface area contributed by atoms with Crippen molar-refractivity contribution in [1.29, 1.82) is 0 Å². The van der Waals surface area contributed by atoms with Crippen LogP contribution in [0, 0.1) is 5.82 Å². The van der Waals surface area contributed by atoms with Gasteiger partial charge in [-0.05, 0) is 24.6 Å². The highest BCUT2D eigenvalue weighted by molar-refractivity contribution is 6.53. The third kappa shape index (κ3) is 4.30. The molecule has 0 saturated carbocycles. The molecule has 22 heavy (non-hydrogen) atoms. The van der Waals surface area contributed by atoms with E-state index in [1.165, 1.54) is 0 Å². The predicted octanol–water partition coefficient (Wildman–Crippen LogP) is 3.29. The molecule has 5 heteroatoms. The van der Waals surface area contributed by atoms with Crippen molar-refractivity contribution in [3.63, 3.8) is 0 Å². The lowest BCUT2D eigenvalue weighted by Crippen LogP contribution is -2.49. The van der Waals surface area contributed by atoms with E-state index in [0.29, 0.717) is 23.9 Å². The van der Waals surface area contributed by atoms with Crippen molar-refractivity contribution in [3.05, 3.63) is 29.6 Å². The van der Waals surface area contributed by atoms with E-state index in [1.807, 2.05) is 18.2 Å². The van der Waals surface area contributed by atoms with Crippen LogP contribution in [0.4, 0.5) is 10.1 Å². The molecule has 1 heterocycles. The molecule has 0 spiro atoms. The molecule has 3 nitrogen and oxygen atoms in total. The van der Waals surface area contributed by atoms with E-state index in [2.05, 4.69) is 44.5 Å². The molecule has 2 atom stereocenters. The number of piperazine rings is 1. The van der Waals surface area contributed by atoms with Crippen molar-refractivity contribution < 1.29 is 8.82 Å². The first-order chi connectivity index (χ1) is 10.3. The van der Waals surface area contributed by atoms with Gasteiger partial charge in [-0.2, -0.15) is 0 Å². The Kier molecular flexibility index (Phi) is 5.63. The number of nitrogens with zero attached hydrogens (tertiary/aromatic N) is 1. The Balaban J connectivity index is 2.09. The van der Waals surface area contributed by atoms with E-state index in [1.54, 1.807) is 0 Å². The molecule has 124 valence electrons. The minimum Gasteiger partial charge on any atom is -0.415 e. The largest absolute Gasteiger partial charge is 0.415 e. The number of halogens is 1. The van der Waals surface area contributed by atoms with Gasteiger partial charge in [-0.1, -0.05) is 32.9 Å². The summed E-state index contributed by atoms with van der Waals surface area (Å²) < 4.78 is 20.8. The standard InChI is InChI=1S/C17H29FN2OSi/c1-13-11-20(10-9-19-13)15-8-6-7-14(16(15)18)12-21-22(5)17(2,3)4/h6-8,13,19,22H,9-12H2,1-5H3/t13-,22?/m1/s1. The van der Waals surface area contributed by atoms with Crippen LogP contribution in [-0.4, -0.2) is 34.7 Å². The summed E-state index contributed by atoms with van der Waals surface area (Å²) in [7, 11) is -1.33. The first-order valence-corrected chi connectivity index (χ1v) is 10.4. The fraction of sp³-hybridized carbons (Fsp3) is 0.647. The second-order valence-electron chi connectivity index (χ2n) is 7.37. The summed E-state index contributed by atoms with van der Waals surface area (Å²) in [5.41, 5.74) is 1.38. The maximum Gasteiger partial charge on any atom is 0.179 e. The molecule has 1 unspecified atom stereocenters. The van der Waals surface area contributed by atoms with Crippen molar-refractivity contribution in [1.82, 2.24) is 5.32 Å². The molecule has 0 aromatic heterocycles. The number of nitrogens with one attached hydrogen (secondary N) is 1. The summed E-state index contributed by atoms with van der Waals surface area (Å²) in [5.74, 6) is -0.119. The quantitative estimate of drug-likeness (QED) is 0.860. The highest BCUT2D eigenvalue weighted by Crippen LogP contribution is 2.29. The van der Waals surface area contributed by atoms with Crippen molar-refractivity contribution >= 4 is 14.7 Å². The Labute approximate surface area is 135 Å².